The lowest BCUT2D eigenvalue weighted by Gasteiger charge is -2.14. The zero-order chi connectivity index (χ0) is 15.5. The Hall–Kier alpha value is -1.00. The summed E-state index contributed by atoms with van der Waals surface area (Å²) in [5, 5.41) is 3.31. The molecule has 0 radical (unpaired) electrons. The summed E-state index contributed by atoms with van der Waals surface area (Å²) in [6.45, 7) is 8.31. The molecule has 0 aliphatic rings. The molecule has 0 bridgehead atoms. The van der Waals surface area contributed by atoms with Crippen molar-refractivity contribution in [1.29, 1.82) is 0 Å². The molecule has 0 atom stereocenters. The molecule has 21 heavy (non-hydrogen) atoms. The maximum Gasteiger partial charge on any atom is 0.175 e. The summed E-state index contributed by atoms with van der Waals surface area (Å²) in [6, 6.07) is 4.11. The van der Waals surface area contributed by atoms with Crippen molar-refractivity contribution in [3.8, 4) is 11.5 Å². The van der Waals surface area contributed by atoms with Gasteiger partial charge in [-0.1, -0.05) is 13.0 Å². The number of ether oxygens (including phenoxy) is 2. The molecule has 0 aromatic heterocycles. The molecule has 0 unspecified atom stereocenters. The van der Waals surface area contributed by atoms with Gasteiger partial charge in [-0.15, -0.1) is 6.58 Å². The summed E-state index contributed by atoms with van der Waals surface area (Å²) in [5.41, 5.74) is 1.18. The zero-order valence-electron chi connectivity index (χ0n) is 13.1. The minimum atomic E-state index is 0.707. The first kappa shape index (κ1) is 18.1. The van der Waals surface area contributed by atoms with Crippen molar-refractivity contribution >= 4 is 15.9 Å². The van der Waals surface area contributed by atoms with Crippen LogP contribution in [0.2, 0.25) is 0 Å². The van der Waals surface area contributed by atoms with E-state index in [0.29, 0.717) is 6.61 Å². The predicted molar refractivity (Wildman–Crippen MR) is 92.2 cm³/mol. The number of halogens is 1. The number of nitrogens with one attached hydrogen (secondary N) is 1. The van der Waals surface area contributed by atoms with Crippen LogP contribution in [-0.4, -0.2) is 20.3 Å². The van der Waals surface area contributed by atoms with Gasteiger partial charge in [-0.05, 0) is 65.9 Å². The van der Waals surface area contributed by atoms with E-state index in [9.17, 15) is 0 Å². The first-order chi connectivity index (χ1) is 10.2. The van der Waals surface area contributed by atoms with Crippen LogP contribution in [0.4, 0.5) is 0 Å². The van der Waals surface area contributed by atoms with Gasteiger partial charge in [-0.25, -0.2) is 0 Å². The van der Waals surface area contributed by atoms with Gasteiger partial charge in [-0.3, -0.25) is 0 Å². The Morgan fingerprint density at radius 3 is 2.76 bits per heavy atom. The molecule has 0 amide bonds. The van der Waals surface area contributed by atoms with Gasteiger partial charge in [0.15, 0.2) is 11.5 Å². The Morgan fingerprint density at radius 1 is 1.29 bits per heavy atom. The average Bonchev–Trinajstić information content (AvgIpc) is 2.49. The second-order valence-corrected chi connectivity index (χ2v) is 5.73. The van der Waals surface area contributed by atoms with Gasteiger partial charge >= 0.3 is 0 Å². The third-order valence-electron chi connectivity index (χ3n) is 3.17. The van der Waals surface area contributed by atoms with Gasteiger partial charge in [0.1, 0.15) is 0 Å². The molecule has 1 rings (SSSR count). The third kappa shape index (κ3) is 6.53. The fourth-order valence-electron chi connectivity index (χ4n) is 2.03. The second-order valence-electron chi connectivity index (χ2n) is 4.88. The van der Waals surface area contributed by atoms with E-state index in [0.717, 1.165) is 48.3 Å². The molecule has 1 N–H and O–H groups in total. The molecule has 0 saturated heterocycles. The standard InChI is InChI=1S/C17H26BrNO2/c1-4-6-7-8-9-10-21-17-15(18)11-14(13-19-5-2)12-16(17)20-3/h4,11-12,19H,1,5-10,13H2,2-3H3. The molecule has 1 aromatic carbocycles. The van der Waals surface area contributed by atoms with Crippen molar-refractivity contribution in [3.63, 3.8) is 0 Å². The second kappa shape index (κ2) is 10.7. The predicted octanol–water partition coefficient (Wildman–Crippen LogP) is 4.69. The molecular formula is C17H26BrNO2. The quantitative estimate of drug-likeness (QED) is 0.461. The van der Waals surface area contributed by atoms with Crippen LogP contribution in [0, 0.1) is 0 Å². The van der Waals surface area contributed by atoms with Crippen molar-refractivity contribution in [3.05, 3.63) is 34.8 Å². The molecule has 4 heteroatoms. The zero-order valence-corrected chi connectivity index (χ0v) is 14.7. The molecule has 1 aromatic rings. The summed E-state index contributed by atoms with van der Waals surface area (Å²) >= 11 is 3.58. The summed E-state index contributed by atoms with van der Waals surface area (Å²) in [7, 11) is 1.68. The van der Waals surface area contributed by atoms with E-state index in [2.05, 4.69) is 40.8 Å². The normalized spacial score (nSPS) is 10.4. The van der Waals surface area contributed by atoms with E-state index in [1.165, 1.54) is 12.0 Å². The fraction of sp³-hybridized carbons (Fsp3) is 0.529. The Labute approximate surface area is 136 Å². The van der Waals surface area contributed by atoms with E-state index >= 15 is 0 Å². The van der Waals surface area contributed by atoms with E-state index < -0.39 is 0 Å². The Balaban J connectivity index is 2.57. The number of rotatable bonds is 11. The SMILES string of the molecule is C=CCCCCCOc1c(Br)cc(CNCC)cc1OC. The van der Waals surface area contributed by atoms with Crippen molar-refractivity contribution < 1.29 is 9.47 Å². The van der Waals surface area contributed by atoms with Crippen LogP contribution in [0.1, 0.15) is 38.2 Å². The molecule has 0 saturated carbocycles. The Morgan fingerprint density at radius 2 is 2.10 bits per heavy atom. The number of methoxy groups -OCH3 is 1. The van der Waals surface area contributed by atoms with Crippen LogP contribution in [0.3, 0.4) is 0 Å². The van der Waals surface area contributed by atoms with Crippen LogP contribution in [0.15, 0.2) is 29.3 Å². The Kier molecular flexibility index (Phi) is 9.19. The highest BCUT2D eigenvalue weighted by atomic mass is 79.9. The van der Waals surface area contributed by atoms with Crippen LogP contribution in [0.25, 0.3) is 0 Å². The summed E-state index contributed by atoms with van der Waals surface area (Å²) < 4.78 is 12.3. The first-order valence-electron chi connectivity index (χ1n) is 7.53. The molecule has 0 heterocycles. The Bertz CT molecular complexity index is 435. The summed E-state index contributed by atoms with van der Waals surface area (Å²) in [6.07, 6.45) is 6.41. The third-order valence-corrected chi connectivity index (χ3v) is 3.76. The van der Waals surface area contributed by atoms with Crippen LogP contribution in [-0.2, 0) is 6.54 Å². The topological polar surface area (TPSA) is 30.5 Å². The smallest absolute Gasteiger partial charge is 0.175 e. The van der Waals surface area contributed by atoms with E-state index in [4.69, 9.17) is 9.47 Å². The van der Waals surface area contributed by atoms with Gasteiger partial charge in [0.05, 0.1) is 18.2 Å². The van der Waals surface area contributed by atoms with Gasteiger partial charge in [0, 0.05) is 6.54 Å². The van der Waals surface area contributed by atoms with Gasteiger partial charge in [0.25, 0.3) is 0 Å². The summed E-state index contributed by atoms with van der Waals surface area (Å²) in [4.78, 5) is 0. The number of hydrogen-bond donors (Lipinski definition) is 1. The van der Waals surface area contributed by atoms with Crippen LogP contribution in [0.5, 0.6) is 11.5 Å². The minimum absolute atomic E-state index is 0.707. The molecule has 0 spiro atoms. The average molecular weight is 356 g/mol. The first-order valence-corrected chi connectivity index (χ1v) is 8.33. The molecule has 0 fully saturated rings. The highest BCUT2D eigenvalue weighted by Crippen LogP contribution is 2.36. The highest BCUT2D eigenvalue weighted by molar-refractivity contribution is 9.10. The van der Waals surface area contributed by atoms with E-state index in [-0.39, 0.29) is 0 Å². The van der Waals surface area contributed by atoms with Crippen molar-refractivity contribution in [2.75, 3.05) is 20.3 Å². The lowest BCUT2D eigenvalue weighted by Crippen LogP contribution is -2.12. The highest BCUT2D eigenvalue weighted by Gasteiger charge is 2.11. The van der Waals surface area contributed by atoms with Crippen molar-refractivity contribution in [1.82, 2.24) is 5.32 Å². The van der Waals surface area contributed by atoms with Crippen molar-refractivity contribution in [2.45, 2.75) is 39.2 Å². The monoisotopic (exact) mass is 355 g/mol. The maximum atomic E-state index is 5.88. The number of allylic oxidation sites excluding steroid dienone is 1. The number of benzene rings is 1. The molecule has 0 aliphatic heterocycles. The van der Waals surface area contributed by atoms with Crippen molar-refractivity contribution in [2.24, 2.45) is 0 Å². The number of unbranched alkanes of at least 4 members (excludes halogenated alkanes) is 3. The maximum absolute atomic E-state index is 5.88. The van der Waals surface area contributed by atoms with E-state index in [1.807, 2.05) is 12.1 Å². The van der Waals surface area contributed by atoms with Crippen LogP contribution < -0.4 is 14.8 Å². The molecule has 3 nitrogen and oxygen atoms in total. The van der Waals surface area contributed by atoms with E-state index in [1.54, 1.807) is 7.11 Å². The van der Waals surface area contributed by atoms with Crippen LogP contribution >= 0.6 is 15.9 Å². The summed E-state index contributed by atoms with van der Waals surface area (Å²) in [5.74, 6) is 1.57. The lowest BCUT2D eigenvalue weighted by molar-refractivity contribution is 0.283. The van der Waals surface area contributed by atoms with Gasteiger partial charge in [-0.2, -0.15) is 0 Å². The molecule has 118 valence electrons. The lowest BCUT2D eigenvalue weighted by atomic mass is 10.2. The van der Waals surface area contributed by atoms with Gasteiger partial charge in [0.2, 0.25) is 0 Å². The van der Waals surface area contributed by atoms with Gasteiger partial charge < -0.3 is 14.8 Å². The number of hydrogen-bond acceptors (Lipinski definition) is 3. The molecular weight excluding hydrogens is 330 g/mol. The largest absolute Gasteiger partial charge is 0.493 e. The molecule has 0 aliphatic carbocycles. The fourth-order valence-corrected chi connectivity index (χ4v) is 2.63. The minimum Gasteiger partial charge on any atom is -0.493 e.